The van der Waals surface area contributed by atoms with Crippen LogP contribution in [0, 0.1) is 19.3 Å². The summed E-state index contributed by atoms with van der Waals surface area (Å²) in [6.45, 7) is 5.91. The van der Waals surface area contributed by atoms with Gasteiger partial charge in [0.2, 0.25) is 0 Å². The molecule has 0 atom stereocenters. The van der Waals surface area contributed by atoms with Crippen LogP contribution in [0.5, 0.6) is 5.19 Å². The average Bonchev–Trinajstić information content (AvgIpc) is 3.50. The lowest BCUT2D eigenvalue weighted by atomic mass is 9.76. The topological polar surface area (TPSA) is 68.4 Å². The second-order valence-electron chi connectivity index (χ2n) is 9.15. The van der Waals surface area contributed by atoms with Crippen molar-refractivity contribution in [3.8, 4) is 16.5 Å². The number of piperidine rings is 1. The minimum absolute atomic E-state index is 0.324. The number of nitrogens with zero attached hydrogens (tertiary/aromatic N) is 6. The predicted molar refractivity (Wildman–Crippen MR) is 131 cm³/mol. The van der Waals surface area contributed by atoms with Crippen LogP contribution in [-0.2, 0) is 12.8 Å². The molecule has 9 heteroatoms. The molecule has 33 heavy (non-hydrogen) atoms. The van der Waals surface area contributed by atoms with Gasteiger partial charge in [-0.25, -0.2) is 14.5 Å². The quantitative estimate of drug-likeness (QED) is 0.415. The van der Waals surface area contributed by atoms with Crippen molar-refractivity contribution in [3.63, 3.8) is 0 Å². The van der Waals surface area contributed by atoms with E-state index in [1.165, 1.54) is 10.6 Å². The number of pyridine rings is 1. The zero-order valence-corrected chi connectivity index (χ0v) is 20.5. The highest BCUT2D eigenvalue weighted by molar-refractivity contribution is 7.13. The van der Waals surface area contributed by atoms with Gasteiger partial charge in [-0.2, -0.15) is 5.10 Å². The first-order valence-electron chi connectivity index (χ1n) is 11.2. The Hall–Kier alpha value is -2.71. The van der Waals surface area contributed by atoms with Gasteiger partial charge in [-0.05, 0) is 57.1 Å². The second-order valence-corrected chi connectivity index (χ2v) is 10.6. The molecule has 5 heterocycles. The number of fused-ring (bicyclic) bond motifs is 2. The molecule has 0 bridgehead atoms. The third-order valence-electron chi connectivity index (χ3n) is 7.15. The van der Waals surface area contributed by atoms with Gasteiger partial charge in [-0.3, -0.25) is 4.98 Å². The number of aryl methyl sites for hydroxylation is 2. The monoisotopic (exact) mass is 480 g/mol. The van der Waals surface area contributed by atoms with Crippen LogP contribution < -0.4 is 9.64 Å². The highest BCUT2D eigenvalue weighted by Gasteiger charge is 2.42. The lowest BCUT2D eigenvalue weighted by Crippen LogP contribution is -2.41. The molecule has 6 rings (SSSR count). The summed E-state index contributed by atoms with van der Waals surface area (Å²) in [5.74, 6) is 0.998. The molecular weight excluding hydrogens is 456 g/mol. The van der Waals surface area contributed by atoms with Crippen molar-refractivity contribution in [2.45, 2.75) is 39.5 Å². The molecule has 0 unspecified atom stereocenters. The maximum Gasteiger partial charge on any atom is 0.273 e. The number of hydrogen-bond donors (Lipinski definition) is 0. The summed E-state index contributed by atoms with van der Waals surface area (Å²) >= 11 is 8.33. The third-order valence-corrected chi connectivity index (χ3v) is 8.69. The molecule has 4 aromatic rings. The van der Waals surface area contributed by atoms with Crippen LogP contribution in [-0.4, -0.2) is 44.8 Å². The van der Waals surface area contributed by atoms with Crippen molar-refractivity contribution >= 4 is 34.3 Å². The van der Waals surface area contributed by atoms with Gasteiger partial charge >= 0.3 is 0 Å². The molecule has 0 saturated carbocycles. The maximum atomic E-state index is 6.62. The third kappa shape index (κ3) is 3.30. The van der Waals surface area contributed by atoms with Crippen LogP contribution in [0.25, 0.3) is 16.8 Å². The largest absolute Gasteiger partial charge is 0.473 e. The summed E-state index contributed by atoms with van der Waals surface area (Å²) in [7, 11) is 1.70. The molecule has 2 aliphatic rings. The first-order chi connectivity index (χ1) is 16.0. The van der Waals surface area contributed by atoms with Crippen molar-refractivity contribution < 1.29 is 4.74 Å². The molecule has 0 N–H and O–H groups in total. The van der Waals surface area contributed by atoms with E-state index in [-0.39, 0.29) is 0 Å². The molecule has 1 fully saturated rings. The lowest BCUT2D eigenvalue weighted by molar-refractivity contribution is 0.231. The second kappa shape index (κ2) is 7.67. The van der Waals surface area contributed by atoms with E-state index < -0.39 is 0 Å². The smallest absolute Gasteiger partial charge is 0.273 e. The first kappa shape index (κ1) is 20.9. The maximum absolute atomic E-state index is 6.62. The Labute approximate surface area is 201 Å². The van der Waals surface area contributed by atoms with E-state index in [1.54, 1.807) is 24.6 Å². The fourth-order valence-corrected chi connectivity index (χ4v) is 6.64. The van der Waals surface area contributed by atoms with Gasteiger partial charge in [-0.1, -0.05) is 22.9 Å². The van der Waals surface area contributed by atoms with Gasteiger partial charge in [0.25, 0.3) is 5.19 Å². The van der Waals surface area contributed by atoms with E-state index in [4.69, 9.17) is 21.3 Å². The number of rotatable bonds is 3. The Balaban J connectivity index is 1.30. The molecule has 1 spiro atoms. The van der Waals surface area contributed by atoms with E-state index in [9.17, 15) is 0 Å². The minimum Gasteiger partial charge on any atom is -0.473 e. The van der Waals surface area contributed by atoms with Crippen molar-refractivity contribution in [3.05, 3.63) is 51.5 Å². The number of aromatic nitrogens is 5. The molecule has 1 aliphatic heterocycles. The van der Waals surface area contributed by atoms with Gasteiger partial charge in [0.05, 0.1) is 41.1 Å². The summed E-state index contributed by atoms with van der Waals surface area (Å²) < 4.78 is 7.31. The fourth-order valence-electron chi connectivity index (χ4n) is 5.37. The van der Waals surface area contributed by atoms with Crippen LogP contribution in [0.2, 0.25) is 5.02 Å². The Morgan fingerprint density at radius 1 is 1.06 bits per heavy atom. The normalized spacial score (nSPS) is 17.2. The SMILES string of the molecule is COc1nc2c(s1)CC1(CCN(c3nc(C)c(-c4ccnc(C)c4Cl)n4nccc34)CC1)C2. The summed E-state index contributed by atoms with van der Waals surface area (Å²) in [5, 5.41) is 6.08. The average molecular weight is 481 g/mol. The lowest BCUT2D eigenvalue weighted by Gasteiger charge is -2.40. The van der Waals surface area contributed by atoms with Crippen LogP contribution in [0.15, 0.2) is 24.5 Å². The van der Waals surface area contributed by atoms with Gasteiger partial charge < -0.3 is 9.64 Å². The number of thiazole rings is 1. The Morgan fingerprint density at radius 3 is 2.64 bits per heavy atom. The molecule has 1 saturated heterocycles. The number of halogens is 1. The first-order valence-corrected chi connectivity index (χ1v) is 12.4. The fraction of sp³-hybridized carbons (Fsp3) is 0.417. The van der Waals surface area contributed by atoms with Crippen molar-refractivity contribution in [2.75, 3.05) is 25.1 Å². The van der Waals surface area contributed by atoms with E-state index in [2.05, 4.69) is 20.0 Å². The van der Waals surface area contributed by atoms with Crippen molar-refractivity contribution in [1.29, 1.82) is 0 Å². The van der Waals surface area contributed by atoms with E-state index in [0.717, 1.165) is 77.9 Å². The Morgan fingerprint density at radius 2 is 1.88 bits per heavy atom. The zero-order valence-electron chi connectivity index (χ0n) is 18.9. The molecule has 170 valence electrons. The van der Waals surface area contributed by atoms with Gasteiger partial charge in [-0.15, -0.1) is 0 Å². The molecular formula is C24H25ClN6OS. The summed E-state index contributed by atoms with van der Waals surface area (Å²) in [5.41, 5.74) is 6.12. The highest BCUT2D eigenvalue weighted by Crippen LogP contribution is 2.48. The Kier molecular flexibility index (Phi) is 4.85. The molecule has 0 radical (unpaired) electrons. The number of hydrogen-bond acceptors (Lipinski definition) is 7. The van der Waals surface area contributed by atoms with E-state index in [1.807, 2.05) is 36.7 Å². The molecule has 4 aromatic heterocycles. The summed E-state index contributed by atoms with van der Waals surface area (Å²) in [4.78, 5) is 17.9. The van der Waals surface area contributed by atoms with Crippen LogP contribution in [0.3, 0.4) is 0 Å². The number of methoxy groups -OCH3 is 1. The zero-order chi connectivity index (χ0) is 22.7. The van der Waals surface area contributed by atoms with Gasteiger partial charge in [0.1, 0.15) is 5.52 Å². The minimum atomic E-state index is 0.324. The Bertz CT molecular complexity index is 1350. The molecule has 0 aromatic carbocycles. The van der Waals surface area contributed by atoms with Gasteiger partial charge in [0.15, 0.2) is 5.82 Å². The molecule has 1 aliphatic carbocycles. The van der Waals surface area contributed by atoms with Crippen molar-refractivity contribution in [1.82, 2.24) is 24.6 Å². The molecule has 7 nitrogen and oxygen atoms in total. The predicted octanol–water partition coefficient (Wildman–Crippen LogP) is 4.91. The van der Waals surface area contributed by atoms with Crippen LogP contribution in [0.1, 0.15) is 34.8 Å². The van der Waals surface area contributed by atoms with E-state index in [0.29, 0.717) is 10.4 Å². The van der Waals surface area contributed by atoms with E-state index >= 15 is 0 Å². The van der Waals surface area contributed by atoms with Crippen LogP contribution >= 0.6 is 22.9 Å². The van der Waals surface area contributed by atoms with Crippen LogP contribution in [0.4, 0.5) is 5.82 Å². The molecule has 0 amide bonds. The summed E-state index contributed by atoms with van der Waals surface area (Å²) in [6.07, 6.45) is 8.07. The number of ether oxygens (including phenoxy) is 1. The highest BCUT2D eigenvalue weighted by atomic mass is 35.5. The summed E-state index contributed by atoms with van der Waals surface area (Å²) in [6, 6.07) is 3.98. The van der Waals surface area contributed by atoms with Gasteiger partial charge in [0, 0.05) is 29.7 Å². The standard InChI is InChI=1S/C24H25ClN6OS/c1-14-20(25)16(4-8-26-14)21-15(2)28-22(18-5-9-27-31(18)21)30-10-6-24(7-11-30)12-17-19(13-24)33-23(29-17)32-3/h4-5,8-9H,6-7,10-13H2,1-3H3. The van der Waals surface area contributed by atoms with Crippen molar-refractivity contribution in [2.24, 2.45) is 5.41 Å². The number of anilines is 1.